The maximum absolute atomic E-state index is 13.1. The molecule has 1 aliphatic heterocycles. The highest BCUT2D eigenvalue weighted by Gasteiger charge is 2.28. The Kier molecular flexibility index (Phi) is 5.03. The quantitative estimate of drug-likeness (QED) is 0.761. The summed E-state index contributed by atoms with van der Waals surface area (Å²) in [4.78, 5) is 36.9. The van der Waals surface area contributed by atoms with Gasteiger partial charge in [0.25, 0.3) is 5.91 Å². The van der Waals surface area contributed by atoms with Gasteiger partial charge in [-0.3, -0.25) is 14.5 Å². The largest absolute Gasteiger partial charge is 0.452 e. The molecule has 1 saturated heterocycles. The molecule has 2 aromatic rings. The number of amides is 2. The van der Waals surface area contributed by atoms with Crippen molar-refractivity contribution in [3.05, 3.63) is 46.5 Å². The van der Waals surface area contributed by atoms with Gasteiger partial charge in [0.05, 0.1) is 11.4 Å². The minimum absolute atomic E-state index is 0.0104. The Morgan fingerprint density at radius 1 is 1.31 bits per heavy atom. The Labute approximate surface area is 153 Å². The normalized spacial score (nSPS) is 14.0. The summed E-state index contributed by atoms with van der Waals surface area (Å²) in [6.45, 7) is 1.34. The third-order valence-electron chi connectivity index (χ3n) is 3.98. The van der Waals surface area contributed by atoms with E-state index < -0.39 is 24.3 Å². The molecule has 0 saturated carbocycles. The number of imide groups is 1. The minimum Gasteiger partial charge on any atom is -0.452 e. The summed E-state index contributed by atoms with van der Waals surface area (Å²) in [5, 5.41) is 4.15. The fourth-order valence-corrected chi connectivity index (χ4v) is 3.02. The first kappa shape index (κ1) is 18.1. The highest BCUT2D eigenvalue weighted by molar-refractivity contribution is 6.33. The number of esters is 1. The first-order valence-electron chi connectivity index (χ1n) is 7.90. The molecule has 0 aliphatic carbocycles. The van der Waals surface area contributed by atoms with Crippen LogP contribution >= 0.6 is 11.6 Å². The number of hydrogen-bond acceptors (Lipinski definition) is 5. The number of benzene rings is 1. The maximum Gasteiger partial charge on any atom is 0.343 e. The summed E-state index contributed by atoms with van der Waals surface area (Å²) in [5.74, 6) is -2.07. The number of halogens is 2. The van der Waals surface area contributed by atoms with Crippen LogP contribution in [-0.4, -0.2) is 45.6 Å². The van der Waals surface area contributed by atoms with Crippen LogP contribution < -0.4 is 0 Å². The first-order valence-corrected chi connectivity index (χ1v) is 8.27. The van der Waals surface area contributed by atoms with Gasteiger partial charge in [-0.25, -0.2) is 13.9 Å². The van der Waals surface area contributed by atoms with Crippen LogP contribution in [0.4, 0.5) is 4.39 Å². The maximum atomic E-state index is 13.1. The Hall–Kier alpha value is -2.74. The molecule has 1 fully saturated rings. The molecule has 1 aliphatic rings. The summed E-state index contributed by atoms with van der Waals surface area (Å²) < 4.78 is 19.3. The average molecular weight is 380 g/mol. The number of rotatable bonds is 4. The predicted molar refractivity (Wildman–Crippen MR) is 89.5 cm³/mol. The van der Waals surface area contributed by atoms with E-state index in [0.29, 0.717) is 30.8 Å². The molecule has 2 heterocycles. The van der Waals surface area contributed by atoms with Crippen LogP contribution in [0.5, 0.6) is 0 Å². The lowest BCUT2D eigenvalue weighted by Gasteiger charge is -2.13. The molecule has 0 unspecified atom stereocenters. The van der Waals surface area contributed by atoms with Gasteiger partial charge in [0, 0.05) is 13.0 Å². The molecule has 9 heteroatoms. The van der Waals surface area contributed by atoms with Gasteiger partial charge >= 0.3 is 5.97 Å². The Morgan fingerprint density at radius 2 is 2.00 bits per heavy atom. The van der Waals surface area contributed by atoms with Crippen molar-refractivity contribution < 1.29 is 23.5 Å². The minimum atomic E-state index is -0.819. The van der Waals surface area contributed by atoms with E-state index in [4.69, 9.17) is 16.3 Å². The number of carbonyl (C=O) groups is 3. The van der Waals surface area contributed by atoms with E-state index in [1.807, 2.05) is 0 Å². The summed E-state index contributed by atoms with van der Waals surface area (Å²) in [6.07, 6.45) is 0.920. The molecule has 0 atom stereocenters. The molecular weight excluding hydrogens is 365 g/mol. The van der Waals surface area contributed by atoms with Crippen molar-refractivity contribution >= 4 is 29.4 Å². The molecular formula is C17H15ClFN3O4. The van der Waals surface area contributed by atoms with Crippen molar-refractivity contribution in [2.24, 2.45) is 0 Å². The zero-order chi connectivity index (χ0) is 18.8. The van der Waals surface area contributed by atoms with Crippen molar-refractivity contribution in [3.8, 4) is 5.69 Å². The third-order valence-corrected chi connectivity index (χ3v) is 4.33. The SMILES string of the molecule is Cc1nn(-c2ccc(F)cc2)c(Cl)c1C(=O)OCC(=O)N1CCCC1=O. The van der Waals surface area contributed by atoms with Crippen LogP contribution in [0.2, 0.25) is 5.15 Å². The lowest BCUT2D eigenvalue weighted by Crippen LogP contribution is -2.35. The number of aryl methyl sites for hydroxylation is 1. The summed E-state index contributed by atoms with van der Waals surface area (Å²) in [6, 6.07) is 5.41. The van der Waals surface area contributed by atoms with Crippen molar-refractivity contribution in [1.82, 2.24) is 14.7 Å². The smallest absolute Gasteiger partial charge is 0.343 e. The van der Waals surface area contributed by atoms with Crippen LogP contribution in [0.1, 0.15) is 28.9 Å². The second kappa shape index (κ2) is 7.25. The lowest BCUT2D eigenvalue weighted by molar-refractivity contribution is -0.143. The van der Waals surface area contributed by atoms with Crippen LogP contribution in [0.3, 0.4) is 0 Å². The van der Waals surface area contributed by atoms with E-state index in [9.17, 15) is 18.8 Å². The van der Waals surface area contributed by atoms with Gasteiger partial charge in [0.1, 0.15) is 16.5 Å². The van der Waals surface area contributed by atoms with Crippen molar-refractivity contribution in [3.63, 3.8) is 0 Å². The van der Waals surface area contributed by atoms with Gasteiger partial charge in [0.2, 0.25) is 5.91 Å². The fraction of sp³-hybridized carbons (Fsp3) is 0.294. The zero-order valence-corrected chi connectivity index (χ0v) is 14.6. The Bertz CT molecular complexity index is 879. The number of hydrogen-bond donors (Lipinski definition) is 0. The molecule has 7 nitrogen and oxygen atoms in total. The molecule has 0 spiro atoms. The molecule has 136 valence electrons. The number of aromatic nitrogens is 2. The van der Waals surface area contributed by atoms with Gasteiger partial charge in [-0.1, -0.05) is 11.6 Å². The third kappa shape index (κ3) is 3.45. The molecule has 0 N–H and O–H groups in total. The van der Waals surface area contributed by atoms with Gasteiger partial charge in [-0.15, -0.1) is 0 Å². The molecule has 3 rings (SSSR count). The van der Waals surface area contributed by atoms with E-state index in [1.54, 1.807) is 6.92 Å². The van der Waals surface area contributed by atoms with Crippen molar-refractivity contribution in [2.45, 2.75) is 19.8 Å². The summed E-state index contributed by atoms with van der Waals surface area (Å²) in [5.41, 5.74) is 0.780. The van der Waals surface area contributed by atoms with E-state index in [0.717, 1.165) is 4.90 Å². The Balaban J connectivity index is 1.74. The highest BCUT2D eigenvalue weighted by atomic mass is 35.5. The number of carbonyl (C=O) groups excluding carboxylic acids is 3. The van der Waals surface area contributed by atoms with Crippen LogP contribution in [0.25, 0.3) is 5.69 Å². The second-order valence-corrected chi connectivity index (χ2v) is 6.12. The highest BCUT2D eigenvalue weighted by Crippen LogP contribution is 2.24. The van der Waals surface area contributed by atoms with E-state index in [1.165, 1.54) is 28.9 Å². The van der Waals surface area contributed by atoms with Gasteiger partial charge in [-0.2, -0.15) is 5.10 Å². The molecule has 26 heavy (non-hydrogen) atoms. The summed E-state index contributed by atoms with van der Waals surface area (Å²) >= 11 is 6.22. The van der Waals surface area contributed by atoms with Gasteiger partial charge in [-0.05, 0) is 37.6 Å². The van der Waals surface area contributed by atoms with Gasteiger partial charge < -0.3 is 4.74 Å². The van der Waals surface area contributed by atoms with Crippen LogP contribution in [-0.2, 0) is 14.3 Å². The van der Waals surface area contributed by atoms with E-state index >= 15 is 0 Å². The predicted octanol–water partition coefficient (Wildman–Crippen LogP) is 2.28. The second-order valence-electron chi connectivity index (χ2n) is 5.76. The van der Waals surface area contributed by atoms with E-state index in [-0.39, 0.29) is 16.6 Å². The number of likely N-dealkylation sites (tertiary alicyclic amines) is 1. The lowest BCUT2D eigenvalue weighted by atomic mass is 10.2. The molecule has 0 bridgehead atoms. The fourth-order valence-electron chi connectivity index (χ4n) is 2.67. The van der Waals surface area contributed by atoms with Crippen LogP contribution in [0, 0.1) is 12.7 Å². The first-order chi connectivity index (χ1) is 12.4. The number of ether oxygens (including phenoxy) is 1. The topological polar surface area (TPSA) is 81.5 Å². The van der Waals surface area contributed by atoms with E-state index in [2.05, 4.69) is 5.10 Å². The molecule has 0 radical (unpaired) electrons. The number of nitrogens with zero attached hydrogens (tertiary/aromatic N) is 3. The molecule has 1 aromatic carbocycles. The van der Waals surface area contributed by atoms with Crippen LogP contribution in [0.15, 0.2) is 24.3 Å². The van der Waals surface area contributed by atoms with Gasteiger partial charge in [0.15, 0.2) is 6.61 Å². The Morgan fingerprint density at radius 3 is 2.62 bits per heavy atom. The standard InChI is InChI=1S/C17H15ClFN3O4/c1-10-15(16(18)22(20-10)12-6-4-11(19)5-7-12)17(25)26-9-14(24)21-8-2-3-13(21)23/h4-7H,2-3,8-9H2,1H3. The summed E-state index contributed by atoms with van der Waals surface area (Å²) in [7, 11) is 0. The zero-order valence-electron chi connectivity index (χ0n) is 13.9. The van der Waals surface area contributed by atoms with Crippen molar-refractivity contribution in [1.29, 1.82) is 0 Å². The monoisotopic (exact) mass is 379 g/mol. The molecule has 1 aromatic heterocycles. The van der Waals surface area contributed by atoms with Crippen molar-refractivity contribution in [2.75, 3.05) is 13.2 Å². The average Bonchev–Trinajstić information content (AvgIpc) is 3.16. The molecule has 2 amide bonds.